The summed E-state index contributed by atoms with van der Waals surface area (Å²) in [4.78, 5) is 7.56. The number of H-pyrrole nitrogens is 2. The van der Waals surface area contributed by atoms with Gasteiger partial charge < -0.3 is 9.97 Å². The molecule has 0 saturated heterocycles. The van der Waals surface area contributed by atoms with Crippen LogP contribution in [0.4, 0.5) is 0 Å². The number of aromatic amines is 2. The highest BCUT2D eigenvalue weighted by molar-refractivity contribution is 5.87. The van der Waals surface area contributed by atoms with Crippen molar-refractivity contribution < 1.29 is 0 Å². The quantitative estimate of drug-likeness (QED) is 0.321. The van der Waals surface area contributed by atoms with E-state index in [0.717, 1.165) is 0 Å². The number of nitrogens with one attached hydrogen (secondary N) is 2. The van der Waals surface area contributed by atoms with Crippen LogP contribution in [0.15, 0.2) is 60.7 Å². The molecule has 0 bridgehead atoms. The molecule has 2 N–H and O–H groups in total. The number of para-hydroxylation sites is 2. The summed E-state index contributed by atoms with van der Waals surface area (Å²) < 4.78 is 0. The number of hydrogen-bond donors (Lipinski definition) is 2. The molecule has 30 heavy (non-hydrogen) atoms. The number of fused-ring (bicyclic) bond motifs is 2. The van der Waals surface area contributed by atoms with Gasteiger partial charge in [-0.05, 0) is 74.6 Å². The number of benzene rings is 3. The van der Waals surface area contributed by atoms with E-state index in [4.69, 9.17) is 0 Å². The summed E-state index contributed by atoms with van der Waals surface area (Å²) >= 11 is 0. The summed E-state index contributed by atoms with van der Waals surface area (Å²) in [6, 6.07) is 21.9. The third-order valence-corrected chi connectivity index (χ3v) is 6.61. The number of aryl methyl sites for hydroxylation is 5. The van der Waals surface area contributed by atoms with Crippen LogP contribution in [0.5, 0.6) is 0 Å². The minimum absolute atomic E-state index is 0.130. The largest absolute Gasteiger partial charge is 0.357 e. The Labute approximate surface area is 178 Å². The standard InChI is InChI=1S/C28H28N2/c1-16-14-17(2)25(18(3)15-16)26(27-19(4)21-10-6-8-12-23(21)29-27)28-20(5)22-11-7-9-13-24(22)30-28/h6-15,26,29-30H,1-5H3. The Bertz CT molecular complexity index is 1290. The van der Waals surface area contributed by atoms with E-state index >= 15 is 0 Å². The lowest BCUT2D eigenvalue weighted by atomic mass is 9.82. The van der Waals surface area contributed by atoms with Gasteiger partial charge in [0.25, 0.3) is 0 Å². The summed E-state index contributed by atoms with van der Waals surface area (Å²) in [5.74, 6) is 0.130. The summed E-state index contributed by atoms with van der Waals surface area (Å²) in [6.45, 7) is 11.2. The Morgan fingerprint density at radius 2 is 1.03 bits per heavy atom. The maximum Gasteiger partial charge on any atom is 0.0652 e. The van der Waals surface area contributed by atoms with Gasteiger partial charge in [0.05, 0.1) is 5.92 Å². The first-order chi connectivity index (χ1) is 14.5. The molecule has 0 aliphatic carbocycles. The normalized spacial score (nSPS) is 11.8. The van der Waals surface area contributed by atoms with Gasteiger partial charge in [-0.3, -0.25) is 0 Å². The van der Waals surface area contributed by atoms with Crippen molar-refractivity contribution in [2.75, 3.05) is 0 Å². The van der Waals surface area contributed by atoms with Crippen LogP contribution in [0.1, 0.15) is 50.7 Å². The third kappa shape index (κ3) is 2.79. The predicted octanol–water partition coefficient (Wildman–Crippen LogP) is 7.37. The first-order valence-corrected chi connectivity index (χ1v) is 10.7. The molecule has 150 valence electrons. The molecule has 5 rings (SSSR count). The average Bonchev–Trinajstić information content (AvgIpc) is 3.22. The topological polar surface area (TPSA) is 31.6 Å². The van der Waals surface area contributed by atoms with Gasteiger partial charge in [0.2, 0.25) is 0 Å². The van der Waals surface area contributed by atoms with Crippen molar-refractivity contribution >= 4 is 21.8 Å². The predicted molar refractivity (Wildman–Crippen MR) is 128 cm³/mol. The van der Waals surface area contributed by atoms with Crippen LogP contribution in [-0.2, 0) is 0 Å². The lowest BCUT2D eigenvalue weighted by molar-refractivity contribution is 0.868. The fourth-order valence-corrected chi connectivity index (χ4v) is 5.26. The first-order valence-electron chi connectivity index (χ1n) is 10.7. The molecular formula is C28H28N2. The highest BCUT2D eigenvalue weighted by atomic mass is 14.8. The number of rotatable bonds is 3. The van der Waals surface area contributed by atoms with Crippen LogP contribution in [0.3, 0.4) is 0 Å². The molecule has 0 spiro atoms. The molecule has 0 aliphatic rings. The van der Waals surface area contributed by atoms with Crippen LogP contribution in [0.25, 0.3) is 21.8 Å². The van der Waals surface area contributed by atoms with Crippen molar-refractivity contribution in [3.05, 3.63) is 105 Å². The van der Waals surface area contributed by atoms with Gasteiger partial charge in [0, 0.05) is 33.2 Å². The van der Waals surface area contributed by atoms with Gasteiger partial charge in [-0.25, -0.2) is 0 Å². The summed E-state index contributed by atoms with van der Waals surface area (Å²) in [5.41, 5.74) is 13.0. The molecular weight excluding hydrogens is 364 g/mol. The molecule has 0 radical (unpaired) electrons. The molecule has 2 aromatic heterocycles. The molecule has 2 nitrogen and oxygen atoms in total. The zero-order valence-corrected chi connectivity index (χ0v) is 18.4. The Hall–Kier alpha value is -3.26. The van der Waals surface area contributed by atoms with Crippen LogP contribution in [-0.4, -0.2) is 9.97 Å². The molecule has 2 heteroatoms. The second-order valence-electron chi connectivity index (χ2n) is 8.66. The second-order valence-corrected chi connectivity index (χ2v) is 8.66. The molecule has 5 aromatic rings. The maximum atomic E-state index is 3.78. The van der Waals surface area contributed by atoms with E-state index in [1.54, 1.807) is 0 Å². The molecule has 2 heterocycles. The zero-order chi connectivity index (χ0) is 21.0. The van der Waals surface area contributed by atoms with Crippen molar-refractivity contribution in [2.45, 2.75) is 40.5 Å². The Morgan fingerprint density at radius 1 is 0.600 bits per heavy atom. The van der Waals surface area contributed by atoms with Gasteiger partial charge in [-0.15, -0.1) is 0 Å². The number of hydrogen-bond acceptors (Lipinski definition) is 0. The summed E-state index contributed by atoms with van der Waals surface area (Å²) in [7, 11) is 0. The van der Waals surface area contributed by atoms with Gasteiger partial charge in [-0.1, -0.05) is 54.1 Å². The monoisotopic (exact) mass is 392 g/mol. The molecule has 0 aliphatic heterocycles. The summed E-state index contributed by atoms with van der Waals surface area (Å²) in [6.07, 6.45) is 0. The minimum Gasteiger partial charge on any atom is -0.357 e. The van der Waals surface area contributed by atoms with Gasteiger partial charge in [0.15, 0.2) is 0 Å². The van der Waals surface area contributed by atoms with Crippen molar-refractivity contribution in [1.29, 1.82) is 0 Å². The van der Waals surface area contributed by atoms with Gasteiger partial charge >= 0.3 is 0 Å². The van der Waals surface area contributed by atoms with Crippen molar-refractivity contribution in [1.82, 2.24) is 9.97 Å². The highest BCUT2D eigenvalue weighted by Crippen LogP contribution is 2.41. The molecule has 3 aromatic carbocycles. The highest BCUT2D eigenvalue weighted by Gasteiger charge is 2.28. The SMILES string of the molecule is Cc1cc(C)c(C(c2[nH]c3ccccc3c2C)c2[nH]c3ccccc3c2C)c(C)c1. The van der Waals surface area contributed by atoms with Crippen molar-refractivity contribution in [3.63, 3.8) is 0 Å². The van der Waals surface area contributed by atoms with E-state index in [-0.39, 0.29) is 5.92 Å². The summed E-state index contributed by atoms with van der Waals surface area (Å²) in [5, 5.41) is 2.60. The van der Waals surface area contributed by atoms with Crippen LogP contribution in [0, 0.1) is 34.6 Å². The van der Waals surface area contributed by atoms with Gasteiger partial charge in [0.1, 0.15) is 0 Å². The van der Waals surface area contributed by atoms with Gasteiger partial charge in [-0.2, -0.15) is 0 Å². The average molecular weight is 393 g/mol. The molecule has 0 atom stereocenters. The second kappa shape index (κ2) is 6.91. The minimum atomic E-state index is 0.130. The lowest BCUT2D eigenvalue weighted by Crippen LogP contribution is -2.11. The molecule has 0 amide bonds. The fourth-order valence-electron chi connectivity index (χ4n) is 5.26. The molecule has 0 saturated carbocycles. The van der Waals surface area contributed by atoms with Crippen molar-refractivity contribution in [3.8, 4) is 0 Å². The van der Waals surface area contributed by atoms with Crippen LogP contribution in [0.2, 0.25) is 0 Å². The Balaban J connectivity index is 1.87. The van der Waals surface area contributed by atoms with Crippen LogP contribution < -0.4 is 0 Å². The maximum absolute atomic E-state index is 3.78. The third-order valence-electron chi connectivity index (χ3n) is 6.61. The first kappa shape index (κ1) is 18.7. The van der Waals surface area contributed by atoms with E-state index in [1.807, 2.05) is 0 Å². The van der Waals surface area contributed by atoms with E-state index in [1.165, 1.54) is 66.6 Å². The molecule has 0 fully saturated rings. The smallest absolute Gasteiger partial charge is 0.0652 e. The number of aromatic nitrogens is 2. The Kier molecular flexibility index (Phi) is 4.32. The van der Waals surface area contributed by atoms with E-state index in [2.05, 4.69) is 105 Å². The van der Waals surface area contributed by atoms with E-state index in [9.17, 15) is 0 Å². The lowest BCUT2D eigenvalue weighted by Gasteiger charge is -2.23. The van der Waals surface area contributed by atoms with Crippen molar-refractivity contribution in [2.24, 2.45) is 0 Å². The van der Waals surface area contributed by atoms with Crippen LogP contribution >= 0.6 is 0 Å². The van der Waals surface area contributed by atoms with E-state index < -0.39 is 0 Å². The zero-order valence-electron chi connectivity index (χ0n) is 18.4. The fraction of sp³-hybridized carbons (Fsp3) is 0.214. The van der Waals surface area contributed by atoms with E-state index in [0.29, 0.717) is 0 Å². The Morgan fingerprint density at radius 3 is 1.47 bits per heavy atom. The molecule has 0 unspecified atom stereocenters.